The first-order chi connectivity index (χ1) is 10.8. The molecule has 0 aliphatic heterocycles. The number of nitrogens with zero attached hydrogens (tertiary/aromatic N) is 2. The first-order valence-electron chi connectivity index (χ1n) is 6.60. The molecule has 112 valence electrons. The number of benzene rings is 2. The third-order valence-electron chi connectivity index (χ3n) is 3.00. The fourth-order valence-electron chi connectivity index (χ4n) is 1.97. The van der Waals surface area contributed by atoms with Gasteiger partial charge in [-0.15, -0.1) is 22.0 Å². The molecule has 0 aliphatic carbocycles. The molecule has 0 fully saturated rings. The molecule has 0 atom stereocenters. The summed E-state index contributed by atoms with van der Waals surface area (Å²) < 4.78 is 5.76. The molecule has 0 aliphatic rings. The highest BCUT2D eigenvalue weighted by atomic mass is 35.5. The van der Waals surface area contributed by atoms with Crippen LogP contribution in [0.4, 0.5) is 0 Å². The maximum atomic E-state index is 5.98. The van der Waals surface area contributed by atoms with Gasteiger partial charge in [0.2, 0.25) is 5.89 Å². The number of aromatic nitrogens is 2. The standard InChI is InChI=1S/C16H13ClN2OS2/c1-21-14-8-3-2-7-13(14)15-18-19-16(20-15)22-10-11-5-4-6-12(17)9-11/h2-9H,10H2,1H3. The molecule has 0 bridgehead atoms. The van der Waals surface area contributed by atoms with E-state index in [2.05, 4.69) is 10.2 Å². The van der Waals surface area contributed by atoms with Crippen LogP contribution in [0.3, 0.4) is 0 Å². The van der Waals surface area contributed by atoms with Crippen LogP contribution in [-0.4, -0.2) is 16.5 Å². The molecule has 2 aromatic carbocycles. The van der Waals surface area contributed by atoms with E-state index in [1.807, 2.05) is 54.8 Å². The van der Waals surface area contributed by atoms with Crippen LogP contribution >= 0.6 is 35.1 Å². The zero-order valence-corrected chi connectivity index (χ0v) is 14.2. The summed E-state index contributed by atoms with van der Waals surface area (Å²) in [5, 5.41) is 9.55. The Hall–Kier alpha value is -1.43. The number of hydrogen-bond donors (Lipinski definition) is 0. The second-order valence-corrected chi connectivity index (χ2v) is 6.70. The summed E-state index contributed by atoms with van der Waals surface area (Å²) in [4.78, 5) is 1.12. The Morgan fingerprint density at radius 3 is 2.77 bits per heavy atom. The predicted octanol–water partition coefficient (Wildman–Crippen LogP) is 5.40. The summed E-state index contributed by atoms with van der Waals surface area (Å²) in [5.74, 6) is 1.30. The van der Waals surface area contributed by atoms with Gasteiger partial charge in [0.1, 0.15) is 0 Å². The monoisotopic (exact) mass is 348 g/mol. The quantitative estimate of drug-likeness (QED) is 0.577. The minimum Gasteiger partial charge on any atom is -0.411 e. The highest BCUT2D eigenvalue weighted by Gasteiger charge is 2.12. The summed E-state index contributed by atoms with van der Waals surface area (Å²) in [5.41, 5.74) is 2.10. The number of hydrogen-bond acceptors (Lipinski definition) is 5. The number of thioether (sulfide) groups is 2. The van der Waals surface area contributed by atoms with Crippen molar-refractivity contribution in [2.24, 2.45) is 0 Å². The maximum absolute atomic E-state index is 5.98. The molecule has 0 unspecified atom stereocenters. The van der Waals surface area contributed by atoms with Crippen molar-refractivity contribution in [3.05, 3.63) is 59.1 Å². The van der Waals surface area contributed by atoms with Gasteiger partial charge in [0, 0.05) is 15.7 Å². The highest BCUT2D eigenvalue weighted by Crippen LogP contribution is 2.31. The van der Waals surface area contributed by atoms with Crippen molar-refractivity contribution in [1.82, 2.24) is 10.2 Å². The second kappa shape index (κ2) is 7.22. The van der Waals surface area contributed by atoms with Gasteiger partial charge in [-0.2, -0.15) is 0 Å². The minimum absolute atomic E-state index is 0.554. The largest absolute Gasteiger partial charge is 0.411 e. The molecule has 3 rings (SSSR count). The van der Waals surface area contributed by atoms with Crippen LogP contribution in [0.15, 0.2) is 63.1 Å². The summed E-state index contributed by atoms with van der Waals surface area (Å²) in [7, 11) is 0. The smallest absolute Gasteiger partial charge is 0.277 e. The van der Waals surface area contributed by atoms with Crippen molar-refractivity contribution in [3.63, 3.8) is 0 Å². The Morgan fingerprint density at radius 2 is 1.95 bits per heavy atom. The fourth-order valence-corrected chi connectivity index (χ4v) is 3.48. The molecule has 0 spiro atoms. The lowest BCUT2D eigenvalue weighted by Crippen LogP contribution is -1.81. The van der Waals surface area contributed by atoms with Gasteiger partial charge in [-0.05, 0) is 36.1 Å². The molecule has 0 saturated carbocycles. The molecule has 3 nitrogen and oxygen atoms in total. The average molecular weight is 349 g/mol. The van der Waals surface area contributed by atoms with E-state index in [4.69, 9.17) is 16.0 Å². The number of halogens is 1. The van der Waals surface area contributed by atoms with Crippen LogP contribution in [0.5, 0.6) is 0 Å². The van der Waals surface area contributed by atoms with Crippen LogP contribution in [-0.2, 0) is 5.75 Å². The molecular formula is C16H13ClN2OS2. The van der Waals surface area contributed by atoms with Gasteiger partial charge in [0.25, 0.3) is 5.22 Å². The first kappa shape index (κ1) is 15.5. The van der Waals surface area contributed by atoms with Crippen LogP contribution < -0.4 is 0 Å². The van der Waals surface area contributed by atoms with Crippen molar-refractivity contribution in [3.8, 4) is 11.5 Å². The fraction of sp³-hybridized carbons (Fsp3) is 0.125. The summed E-state index contributed by atoms with van der Waals surface area (Å²) in [6.07, 6.45) is 2.03. The summed E-state index contributed by atoms with van der Waals surface area (Å²) in [6, 6.07) is 15.8. The Labute approximate surface area is 142 Å². The molecule has 22 heavy (non-hydrogen) atoms. The van der Waals surface area contributed by atoms with Crippen LogP contribution in [0, 0.1) is 0 Å². The average Bonchev–Trinajstić information content (AvgIpc) is 3.02. The lowest BCUT2D eigenvalue weighted by molar-refractivity contribution is 0.465. The van der Waals surface area contributed by atoms with Crippen molar-refractivity contribution < 1.29 is 4.42 Å². The zero-order chi connectivity index (χ0) is 15.4. The molecule has 6 heteroatoms. The second-order valence-electron chi connectivity index (χ2n) is 4.49. The van der Waals surface area contributed by atoms with Crippen molar-refractivity contribution in [2.45, 2.75) is 15.9 Å². The van der Waals surface area contributed by atoms with Crippen molar-refractivity contribution >= 4 is 35.1 Å². The van der Waals surface area contributed by atoms with Crippen LogP contribution in [0.25, 0.3) is 11.5 Å². The van der Waals surface area contributed by atoms with E-state index in [9.17, 15) is 0 Å². The first-order valence-corrected chi connectivity index (χ1v) is 9.19. The van der Waals surface area contributed by atoms with Gasteiger partial charge >= 0.3 is 0 Å². The third kappa shape index (κ3) is 3.66. The van der Waals surface area contributed by atoms with E-state index in [-0.39, 0.29) is 0 Å². The Kier molecular flexibility index (Phi) is 5.08. The molecule has 0 saturated heterocycles. The van der Waals surface area contributed by atoms with E-state index in [1.54, 1.807) is 11.8 Å². The normalized spacial score (nSPS) is 10.8. The molecule has 3 aromatic rings. The van der Waals surface area contributed by atoms with E-state index in [1.165, 1.54) is 11.8 Å². The van der Waals surface area contributed by atoms with Crippen LogP contribution in [0.2, 0.25) is 5.02 Å². The third-order valence-corrected chi connectivity index (χ3v) is 4.92. The van der Waals surface area contributed by atoms with E-state index < -0.39 is 0 Å². The molecular weight excluding hydrogens is 336 g/mol. The van der Waals surface area contributed by atoms with Gasteiger partial charge < -0.3 is 4.42 Å². The molecule has 1 aromatic heterocycles. The Balaban J connectivity index is 1.74. The SMILES string of the molecule is CSc1ccccc1-c1nnc(SCc2cccc(Cl)c2)o1. The van der Waals surface area contributed by atoms with Gasteiger partial charge in [0.05, 0.1) is 5.56 Å². The van der Waals surface area contributed by atoms with Gasteiger partial charge in [-0.1, -0.05) is 47.6 Å². The Bertz CT molecular complexity index is 776. The zero-order valence-electron chi connectivity index (χ0n) is 11.8. The molecule has 1 heterocycles. The highest BCUT2D eigenvalue weighted by molar-refractivity contribution is 7.98. The molecule has 0 radical (unpaired) electrons. The summed E-state index contributed by atoms with van der Waals surface area (Å²) in [6.45, 7) is 0. The summed E-state index contributed by atoms with van der Waals surface area (Å²) >= 11 is 9.15. The predicted molar refractivity (Wildman–Crippen MR) is 92.5 cm³/mol. The van der Waals surface area contributed by atoms with Gasteiger partial charge in [-0.25, -0.2) is 0 Å². The lowest BCUT2D eigenvalue weighted by atomic mass is 10.2. The van der Waals surface area contributed by atoms with Crippen LogP contribution in [0.1, 0.15) is 5.56 Å². The van der Waals surface area contributed by atoms with Gasteiger partial charge in [-0.3, -0.25) is 0 Å². The Morgan fingerprint density at radius 1 is 1.09 bits per heavy atom. The minimum atomic E-state index is 0.554. The van der Waals surface area contributed by atoms with E-state index in [0.29, 0.717) is 11.1 Å². The van der Waals surface area contributed by atoms with Gasteiger partial charge in [0.15, 0.2) is 0 Å². The maximum Gasteiger partial charge on any atom is 0.277 e. The van der Waals surface area contributed by atoms with Crippen molar-refractivity contribution in [2.75, 3.05) is 6.26 Å². The van der Waals surface area contributed by atoms with E-state index in [0.717, 1.165) is 26.8 Å². The van der Waals surface area contributed by atoms with Crippen molar-refractivity contribution in [1.29, 1.82) is 0 Å². The molecule has 0 N–H and O–H groups in total. The topological polar surface area (TPSA) is 38.9 Å². The van der Waals surface area contributed by atoms with E-state index >= 15 is 0 Å². The molecule has 0 amide bonds. The lowest BCUT2D eigenvalue weighted by Gasteiger charge is -2.01. The number of rotatable bonds is 5.